The van der Waals surface area contributed by atoms with Crippen LogP contribution >= 0.6 is 21.6 Å². The maximum atomic E-state index is 5.80. The zero-order valence-corrected chi connectivity index (χ0v) is 14.8. The fraction of sp³-hybridized carbons (Fsp3) is 1.00. The first kappa shape index (κ1) is 16.4. The van der Waals surface area contributed by atoms with Gasteiger partial charge in [0.15, 0.2) is 0 Å². The van der Waals surface area contributed by atoms with Crippen LogP contribution in [0.2, 0.25) is 0 Å². The van der Waals surface area contributed by atoms with Gasteiger partial charge < -0.3 is 10.1 Å². The summed E-state index contributed by atoms with van der Waals surface area (Å²) >= 11 is 0. The number of rotatable bonds is 6. The molecule has 2 saturated heterocycles. The number of hydrogen-bond donors (Lipinski definition) is 2. The molecular weight excluding hydrogens is 300 g/mol. The molecule has 2 heterocycles. The lowest BCUT2D eigenvalue weighted by Gasteiger charge is -2.26. The summed E-state index contributed by atoms with van der Waals surface area (Å²) in [5.74, 6) is 1.98. The predicted molar refractivity (Wildman–Crippen MR) is 93.5 cm³/mol. The van der Waals surface area contributed by atoms with Gasteiger partial charge in [-0.1, -0.05) is 54.2 Å². The molecule has 3 aliphatic rings. The Morgan fingerprint density at radius 2 is 1.90 bits per heavy atom. The molecule has 21 heavy (non-hydrogen) atoms. The minimum atomic E-state index is 0.348. The average Bonchev–Trinajstić information content (AvgIpc) is 3.26. The van der Waals surface area contributed by atoms with E-state index < -0.39 is 0 Å². The van der Waals surface area contributed by atoms with Crippen molar-refractivity contribution in [1.29, 1.82) is 0 Å². The van der Waals surface area contributed by atoms with Crippen molar-refractivity contribution in [3.63, 3.8) is 0 Å². The Balaban J connectivity index is 1.24. The molecule has 3 rings (SSSR count). The van der Waals surface area contributed by atoms with Crippen LogP contribution in [0.3, 0.4) is 0 Å². The summed E-state index contributed by atoms with van der Waals surface area (Å²) in [6, 6.07) is 0.710. The molecule has 4 atom stereocenters. The van der Waals surface area contributed by atoms with E-state index in [1.807, 2.05) is 21.6 Å². The minimum absolute atomic E-state index is 0.348. The first-order chi connectivity index (χ1) is 10.3. The van der Waals surface area contributed by atoms with Crippen molar-refractivity contribution in [1.82, 2.24) is 10.6 Å². The second-order valence-corrected chi connectivity index (χ2v) is 9.53. The Labute approximate surface area is 137 Å². The number of nitrogens with one attached hydrogen (secondary N) is 2. The summed E-state index contributed by atoms with van der Waals surface area (Å²) in [5.41, 5.74) is 0. The van der Waals surface area contributed by atoms with E-state index in [1.165, 1.54) is 57.9 Å². The van der Waals surface area contributed by atoms with Gasteiger partial charge in [-0.2, -0.15) is 0 Å². The highest BCUT2D eigenvalue weighted by atomic mass is 33.1. The SMILES string of the molecule is CC1CCC(SSCC2OC2NC2CCCCCC2)NC1. The molecule has 1 aliphatic carbocycles. The molecule has 0 aromatic heterocycles. The van der Waals surface area contributed by atoms with Crippen LogP contribution in [0.15, 0.2) is 0 Å². The lowest BCUT2D eigenvalue weighted by atomic mass is 10.0. The molecule has 3 fully saturated rings. The molecule has 0 bridgehead atoms. The summed E-state index contributed by atoms with van der Waals surface area (Å²) in [7, 11) is 4.01. The molecule has 2 N–H and O–H groups in total. The molecule has 122 valence electrons. The Bertz CT molecular complexity index is 303. The van der Waals surface area contributed by atoms with Crippen LogP contribution in [0.5, 0.6) is 0 Å². The number of hydrogen-bond acceptors (Lipinski definition) is 5. The molecule has 0 amide bonds. The minimum Gasteiger partial charge on any atom is -0.352 e. The van der Waals surface area contributed by atoms with Crippen LogP contribution < -0.4 is 10.6 Å². The van der Waals surface area contributed by atoms with Crippen molar-refractivity contribution in [3.8, 4) is 0 Å². The van der Waals surface area contributed by atoms with Gasteiger partial charge in [0.25, 0.3) is 0 Å². The van der Waals surface area contributed by atoms with Crippen molar-refractivity contribution in [3.05, 3.63) is 0 Å². The van der Waals surface area contributed by atoms with Crippen LogP contribution in [0, 0.1) is 5.92 Å². The maximum absolute atomic E-state index is 5.80. The second-order valence-electron chi connectivity index (χ2n) is 6.91. The van der Waals surface area contributed by atoms with Crippen molar-refractivity contribution in [2.45, 2.75) is 82.0 Å². The van der Waals surface area contributed by atoms with Crippen LogP contribution in [-0.2, 0) is 4.74 Å². The van der Waals surface area contributed by atoms with E-state index >= 15 is 0 Å². The van der Waals surface area contributed by atoms with Crippen LogP contribution in [0.4, 0.5) is 0 Å². The second kappa shape index (κ2) is 8.44. The third-order valence-electron chi connectivity index (χ3n) is 4.87. The molecule has 1 saturated carbocycles. The van der Waals surface area contributed by atoms with Gasteiger partial charge in [0.05, 0.1) is 5.37 Å². The number of ether oxygens (including phenoxy) is 1. The smallest absolute Gasteiger partial charge is 0.136 e. The molecule has 5 heteroatoms. The fourth-order valence-corrected chi connectivity index (χ4v) is 5.99. The van der Waals surface area contributed by atoms with E-state index in [4.69, 9.17) is 4.74 Å². The van der Waals surface area contributed by atoms with E-state index in [9.17, 15) is 0 Å². The van der Waals surface area contributed by atoms with Gasteiger partial charge in [-0.15, -0.1) is 0 Å². The van der Waals surface area contributed by atoms with E-state index in [2.05, 4.69) is 17.6 Å². The average molecular weight is 331 g/mol. The maximum Gasteiger partial charge on any atom is 0.136 e. The van der Waals surface area contributed by atoms with Gasteiger partial charge in [-0.3, -0.25) is 5.32 Å². The van der Waals surface area contributed by atoms with Crippen LogP contribution in [-0.4, -0.2) is 36.0 Å². The van der Waals surface area contributed by atoms with E-state index in [0.29, 0.717) is 23.7 Å². The lowest BCUT2D eigenvalue weighted by molar-refractivity contribution is 0.318. The Kier molecular flexibility index (Phi) is 6.60. The zero-order chi connectivity index (χ0) is 14.5. The van der Waals surface area contributed by atoms with Crippen LogP contribution in [0.1, 0.15) is 58.3 Å². The number of piperidine rings is 1. The molecule has 3 nitrogen and oxygen atoms in total. The molecule has 4 unspecified atom stereocenters. The lowest BCUT2D eigenvalue weighted by Crippen LogP contribution is -2.35. The fourth-order valence-electron chi connectivity index (χ4n) is 3.34. The standard InChI is InChI=1S/C16H30N2OS2/c1-12-8-9-15(17-10-12)21-20-11-14-16(19-14)18-13-6-4-2-3-5-7-13/h12-18H,2-11H2,1H3. The first-order valence-electron chi connectivity index (χ1n) is 8.74. The monoisotopic (exact) mass is 330 g/mol. The van der Waals surface area contributed by atoms with Gasteiger partial charge in [0.1, 0.15) is 12.3 Å². The molecule has 0 spiro atoms. The van der Waals surface area contributed by atoms with E-state index in [1.54, 1.807) is 0 Å². The van der Waals surface area contributed by atoms with Gasteiger partial charge in [0.2, 0.25) is 0 Å². The van der Waals surface area contributed by atoms with Gasteiger partial charge in [-0.05, 0) is 38.1 Å². The highest BCUT2D eigenvalue weighted by molar-refractivity contribution is 8.76. The van der Waals surface area contributed by atoms with Crippen molar-refractivity contribution in [2.24, 2.45) is 5.92 Å². The van der Waals surface area contributed by atoms with Gasteiger partial charge in [0, 0.05) is 11.8 Å². The van der Waals surface area contributed by atoms with Crippen molar-refractivity contribution < 1.29 is 4.74 Å². The van der Waals surface area contributed by atoms with Crippen LogP contribution in [0.25, 0.3) is 0 Å². The molecule has 0 aromatic carbocycles. The summed E-state index contributed by atoms with van der Waals surface area (Å²) in [6.45, 7) is 3.52. The quantitative estimate of drug-likeness (QED) is 0.441. The Morgan fingerprint density at radius 1 is 1.10 bits per heavy atom. The third-order valence-corrected chi connectivity index (χ3v) is 7.62. The predicted octanol–water partition coefficient (Wildman–Crippen LogP) is 3.75. The van der Waals surface area contributed by atoms with E-state index in [0.717, 1.165) is 11.7 Å². The summed E-state index contributed by atoms with van der Waals surface area (Å²) < 4.78 is 5.80. The molecular formula is C16H30N2OS2. The molecule has 2 aliphatic heterocycles. The molecule has 0 radical (unpaired) electrons. The summed E-state index contributed by atoms with van der Waals surface area (Å²) in [5, 5.41) is 8.00. The molecule has 0 aromatic rings. The third kappa shape index (κ3) is 5.61. The Hall–Kier alpha value is 0.580. The summed E-state index contributed by atoms with van der Waals surface area (Å²) in [4.78, 5) is 0. The topological polar surface area (TPSA) is 36.6 Å². The highest BCUT2D eigenvalue weighted by Crippen LogP contribution is 2.35. The van der Waals surface area contributed by atoms with Gasteiger partial charge >= 0.3 is 0 Å². The normalized spacial score (nSPS) is 38.1. The number of epoxide rings is 1. The highest BCUT2D eigenvalue weighted by Gasteiger charge is 2.40. The zero-order valence-electron chi connectivity index (χ0n) is 13.2. The van der Waals surface area contributed by atoms with Crippen molar-refractivity contribution in [2.75, 3.05) is 12.3 Å². The summed E-state index contributed by atoms with van der Waals surface area (Å²) in [6.07, 6.45) is 11.8. The van der Waals surface area contributed by atoms with Crippen molar-refractivity contribution >= 4 is 21.6 Å². The largest absolute Gasteiger partial charge is 0.352 e. The van der Waals surface area contributed by atoms with E-state index in [-0.39, 0.29) is 0 Å². The Morgan fingerprint density at radius 3 is 2.62 bits per heavy atom. The van der Waals surface area contributed by atoms with Gasteiger partial charge in [-0.25, -0.2) is 0 Å². The first-order valence-corrected chi connectivity index (χ1v) is 11.1.